The van der Waals surface area contributed by atoms with Gasteiger partial charge in [-0.2, -0.15) is 0 Å². The number of aryl methyl sites for hydroxylation is 2. The summed E-state index contributed by atoms with van der Waals surface area (Å²) in [5.41, 5.74) is 3.26. The van der Waals surface area contributed by atoms with Crippen LogP contribution >= 0.6 is 0 Å². The zero-order valence-electron chi connectivity index (χ0n) is 18.2. The van der Waals surface area contributed by atoms with Crippen LogP contribution in [-0.2, 0) is 17.8 Å². The molecular formula is C24H30N4O2. The quantitative estimate of drug-likeness (QED) is 0.589. The topological polar surface area (TPSA) is 76.0 Å². The fourth-order valence-corrected chi connectivity index (χ4v) is 3.43. The molecule has 0 aliphatic carbocycles. The Morgan fingerprint density at radius 1 is 1.07 bits per heavy atom. The molecule has 0 atom stereocenters. The Morgan fingerprint density at radius 3 is 2.57 bits per heavy atom. The molecule has 3 rings (SSSR count). The largest absolute Gasteiger partial charge is 0.352 e. The van der Waals surface area contributed by atoms with Crippen molar-refractivity contribution in [2.75, 3.05) is 6.54 Å². The van der Waals surface area contributed by atoms with E-state index in [1.807, 2.05) is 80.8 Å². The minimum Gasteiger partial charge on any atom is -0.352 e. The number of hydrogen-bond donors (Lipinski definition) is 2. The summed E-state index contributed by atoms with van der Waals surface area (Å²) in [7, 11) is 0. The summed E-state index contributed by atoms with van der Waals surface area (Å²) in [5.74, 6) is 0.737. The molecule has 0 aliphatic rings. The number of aromatic nitrogens is 2. The van der Waals surface area contributed by atoms with Crippen LogP contribution < -0.4 is 10.6 Å². The van der Waals surface area contributed by atoms with Gasteiger partial charge in [0.2, 0.25) is 5.91 Å². The van der Waals surface area contributed by atoms with Gasteiger partial charge in [-0.25, -0.2) is 4.98 Å². The maximum Gasteiger partial charge on any atom is 0.251 e. The van der Waals surface area contributed by atoms with E-state index in [1.54, 1.807) is 0 Å². The predicted octanol–water partition coefficient (Wildman–Crippen LogP) is 3.62. The third kappa shape index (κ3) is 5.69. The van der Waals surface area contributed by atoms with Crippen LogP contribution in [0.4, 0.5) is 0 Å². The third-order valence-electron chi connectivity index (χ3n) is 4.69. The van der Waals surface area contributed by atoms with Crippen LogP contribution in [0.2, 0.25) is 0 Å². The fourth-order valence-electron chi connectivity index (χ4n) is 3.43. The number of rotatable bonds is 7. The van der Waals surface area contributed by atoms with Crippen molar-refractivity contribution in [3.8, 4) is 0 Å². The molecule has 0 aliphatic heterocycles. The van der Waals surface area contributed by atoms with Crippen LogP contribution in [-0.4, -0.2) is 33.4 Å². The first-order chi connectivity index (χ1) is 14.2. The van der Waals surface area contributed by atoms with Crippen LogP contribution in [0.25, 0.3) is 11.0 Å². The van der Waals surface area contributed by atoms with Crippen LogP contribution in [0.3, 0.4) is 0 Å². The Morgan fingerprint density at radius 2 is 1.83 bits per heavy atom. The highest BCUT2D eigenvalue weighted by Crippen LogP contribution is 2.17. The Labute approximate surface area is 177 Å². The van der Waals surface area contributed by atoms with E-state index in [2.05, 4.69) is 10.6 Å². The van der Waals surface area contributed by atoms with Crippen LogP contribution in [0.15, 0.2) is 48.5 Å². The summed E-state index contributed by atoms with van der Waals surface area (Å²) in [6.07, 6.45) is 1.41. The Balaban J connectivity index is 1.65. The molecule has 0 bridgehead atoms. The highest BCUT2D eigenvalue weighted by Gasteiger charge is 2.17. The molecule has 0 spiro atoms. The monoisotopic (exact) mass is 406 g/mol. The number of amides is 2. The molecule has 3 aromatic rings. The number of para-hydroxylation sites is 2. The number of benzene rings is 2. The highest BCUT2D eigenvalue weighted by molar-refractivity contribution is 5.94. The Hall–Kier alpha value is -3.15. The predicted molar refractivity (Wildman–Crippen MR) is 119 cm³/mol. The van der Waals surface area contributed by atoms with E-state index in [0.29, 0.717) is 18.5 Å². The minimum absolute atomic E-state index is 0.0420. The van der Waals surface area contributed by atoms with Crippen molar-refractivity contribution >= 4 is 22.8 Å². The first kappa shape index (κ1) is 21.6. The van der Waals surface area contributed by atoms with E-state index in [-0.39, 0.29) is 23.9 Å². The van der Waals surface area contributed by atoms with E-state index >= 15 is 0 Å². The number of nitrogens with one attached hydrogen (secondary N) is 2. The number of carbonyl (C=O) groups excluding carboxylic acids is 2. The summed E-state index contributed by atoms with van der Waals surface area (Å²) in [5, 5.41) is 5.98. The average molecular weight is 407 g/mol. The number of nitrogens with zero attached hydrogens (tertiary/aromatic N) is 2. The lowest BCUT2D eigenvalue weighted by atomic mass is 10.1. The molecule has 2 amide bonds. The zero-order chi connectivity index (χ0) is 21.7. The maximum atomic E-state index is 12.5. The van der Waals surface area contributed by atoms with Gasteiger partial charge in [0.1, 0.15) is 12.4 Å². The molecule has 6 heteroatoms. The summed E-state index contributed by atoms with van der Waals surface area (Å²) in [6, 6.07) is 15.4. The molecule has 1 aromatic heterocycles. The van der Waals surface area contributed by atoms with Crippen molar-refractivity contribution < 1.29 is 9.59 Å². The van der Waals surface area contributed by atoms with E-state index < -0.39 is 0 Å². The third-order valence-corrected chi connectivity index (χ3v) is 4.69. The number of imidazole rings is 1. The van der Waals surface area contributed by atoms with Crippen molar-refractivity contribution in [3.63, 3.8) is 0 Å². The molecule has 2 aromatic carbocycles. The van der Waals surface area contributed by atoms with E-state index in [9.17, 15) is 9.59 Å². The molecule has 1 heterocycles. The fraction of sp³-hybridized carbons (Fsp3) is 0.375. The summed E-state index contributed by atoms with van der Waals surface area (Å²) < 4.78 is 1.97. The van der Waals surface area contributed by atoms with Crippen LogP contribution in [0.1, 0.15) is 48.9 Å². The molecule has 6 nitrogen and oxygen atoms in total. The summed E-state index contributed by atoms with van der Waals surface area (Å²) in [4.78, 5) is 29.5. The van der Waals surface area contributed by atoms with Crippen molar-refractivity contribution in [1.82, 2.24) is 20.2 Å². The number of hydrogen-bond acceptors (Lipinski definition) is 3. The Bertz CT molecular complexity index is 1050. The molecule has 0 radical (unpaired) electrons. The highest BCUT2D eigenvalue weighted by atomic mass is 16.2. The lowest BCUT2D eigenvalue weighted by Crippen LogP contribution is -2.42. The van der Waals surface area contributed by atoms with E-state index in [1.165, 1.54) is 0 Å². The summed E-state index contributed by atoms with van der Waals surface area (Å²) in [6.45, 7) is 8.64. The molecular weight excluding hydrogens is 376 g/mol. The van der Waals surface area contributed by atoms with Gasteiger partial charge < -0.3 is 15.2 Å². The molecule has 0 saturated heterocycles. The molecule has 0 fully saturated rings. The lowest BCUT2D eigenvalue weighted by Gasteiger charge is -2.21. The van der Waals surface area contributed by atoms with Gasteiger partial charge >= 0.3 is 0 Å². The van der Waals surface area contributed by atoms with Gasteiger partial charge in [-0.3, -0.25) is 9.59 Å². The van der Waals surface area contributed by atoms with Gasteiger partial charge in [0.05, 0.1) is 11.0 Å². The van der Waals surface area contributed by atoms with Gasteiger partial charge in [-0.1, -0.05) is 29.8 Å². The van der Waals surface area contributed by atoms with Gasteiger partial charge in [-0.15, -0.1) is 0 Å². The number of fused-ring (bicyclic) bond motifs is 1. The molecule has 158 valence electrons. The maximum absolute atomic E-state index is 12.5. The Kier molecular flexibility index (Phi) is 6.55. The van der Waals surface area contributed by atoms with Crippen molar-refractivity contribution in [3.05, 3.63) is 65.5 Å². The normalized spacial score (nSPS) is 11.5. The second-order valence-corrected chi connectivity index (χ2v) is 8.63. The second-order valence-electron chi connectivity index (χ2n) is 8.63. The van der Waals surface area contributed by atoms with Crippen molar-refractivity contribution in [2.24, 2.45) is 0 Å². The van der Waals surface area contributed by atoms with E-state index in [0.717, 1.165) is 28.8 Å². The SMILES string of the molecule is Cc1cccc(C(=O)NCCCc2nc3ccccc3n2CC(=O)NC(C)(C)C)c1. The standard InChI is InChI=1S/C24H30N4O2/c1-17-9-7-10-18(15-17)23(30)25-14-8-13-21-26-19-11-5-6-12-20(19)28(21)16-22(29)27-24(2,3)4/h5-7,9-12,15H,8,13-14,16H2,1-4H3,(H,25,30)(H,27,29). The first-order valence-corrected chi connectivity index (χ1v) is 10.3. The van der Waals surface area contributed by atoms with Crippen molar-refractivity contribution in [2.45, 2.75) is 52.6 Å². The molecule has 2 N–H and O–H groups in total. The minimum atomic E-state index is -0.284. The average Bonchev–Trinajstić information content (AvgIpc) is 3.01. The molecule has 0 saturated carbocycles. The second kappa shape index (κ2) is 9.11. The number of carbonyl (C=O) groups is 2. The molecule has 0 unspecified atom stereocenters. The van der Waals surface area contributed by atoms with Crippen molar-refractivity contribution in [1.29, 1.82) is 0 Å². The zero-order valence-corrected chi connectivity index (χ0v) is 18.2. The molecule has 30 heavy (non-hydrogen) atoms. The first-order valence-electron chi connectivity index (χ1n) is 10.3. The van der Waals surface area contributed by atoms with E-state index in [4.69, 9.17) is 4.98 Å². The smallest absolute Gasteiger partial charge is 0.251 e. The lowest BCUT2D eigenvalue weighted by molar-refractivity contribution is -0.123. The van der Waals surface area contributed by atoms with Gasteiger partial charge in [-0.05, 0) is 58.4 Å². The van der Waals surface area contributed by atoms with Gasteiger partial charge in [0, 0.05) is 24.1 Å². The summed E-state index contributed by atoms with van der Waals surface area (Å²) >= 11 is 0. The van der Waals surface area contributed by atoms with Gasteiger partial charge in [0.15, 0.2) is 0 Å². The van der Waals surface area contributed by atoms with Crippen LogP contribution in [0, 0.1) is 6.92 Å². The van der Waals surface area contributed by atoms with Crippen LogP contribution in [0.5, 0.6) is 0 Å². The van der Waals surface area contributed by atoms with Gasteiger partial charge in [0.25, 0.3) is 5.91 Å².